The van der Waals surface area contributed by atoms with Gasteiger partial charge in [-0.05, 0) is 295 Å². The van der Waals surface area contributed by atoms with Gasteiger partial charge in [0.2, 0.25) is 0 Å². The van der Waals surface area contributed by atoms with Crippen LogP contribution in [0.4, 0.5) is 0 Å². The zero-order chi connectivity index (χ0) is 98.9. The highest BCUT2D eigenvalue weighted by Gasteiger charge is 2.48. The lowest BCUT2D eigenvalue weighted by Crippen LogP contribution is -2.28. The lowest BCUT2D eigenvalue weighted by atomic mass is 9.67. The summed E-state index contributed by atoms with van der Waals surface area (Å²) in [5, 5.41) is 9.99. The van der Waals surface area contributed by atoms with Crippen molar-refractivity contribution >= 4 is 87.2 Å². The first kappa shape index (κ1) is 87.1. The Hall–Kier alpha value is -19.5. The Morgan fingerprint density at radius 3 is 0.613 bits per heavy atom. The van der Waals surface area contributed by atoms with Gasteiger partial charge >= 0.3 is 0 Å². The van der Waals surface area contributed by atoms with Gasteiger partial charge in [0.15, 0.2) is 0 Å². The normalized spacial score (nSPS) is 12.6. The van der Waals surface area contributed by atoms with Crippen molar-refractivity contribution in [2.24, 2.45) is 0 Å². The molecule has 2 aliphatic rings. The van der Waals surface area contributed by atoms with Crippen LogP contribution in [0.25, 0.3) is 221 Å². The van der Waals surface area contributed by atoms with Crippen molar-refractivity contribution in [2.45, 2.75) is 10.8 Å². The van der Waals surface area contributed by atoms with Gasteiger partial charge < -0.3 is 18.3 Å². The van der Waals surface area contributed by atoms with Crippen molar-refractivity contribution in [3.63, 3.8) is 0 Å². The fraction of sp³-hybridized carbons (Fsp3) is 0.0137. The number of aromatic nitrogens is 4. The molecule has 0 spiro atoms. The van der Waals surface area contributed by atoms with Gasteiger partial charge in [0.25, 0.3) is 0 Å². The Balaban J connectivity index is 0.000000141. The summed E-state index contributed by atoms with van der Waals surface area (Å²) in [5.74, 6) is 0. The van der Waals surface area contributed by atoms with E-state index >= 15 is 0 Å². The van der Waals surface area contributed by atoms with Crippen molar-refractivity contribution in [2.75, 3.05) is 0 Å². The highest BCUT2D eigenvalue weighted by molar-refractivity contribution is 6.16. The van der Waals surface area contributed by atoms with E-state index in [0.29, 0.717) is 0 Å². The summed E-state index contributed by atoms with van der Waals surface area (Å²) in [5.41, 5.74) is 48.1. The molecule has 4 aromatic heterocycles. The Morgan fingerprint density at radius 2 is 0.307 bits per heavy atom. The topological polar surface area (TPSA) is 19.7 Å². The van der Waals surface area contributed by atoms with Crippen molar-refractivity contribution in [1.82, 2.24) is 18.3 Å². The van der Waals surface area contributed by atoms with Crippen LogP contribution in [0.15, 0.2) is 582 Å². The van der Waals surface area contributed by atoms with Gasteiger partial charge in [0.1, 0.15) is 0 Å². The van der Waals surface area contributed by atoms with E-state index in [4.69, 9.17) is 0 Å². The van der Waals surface area contributed by atoms with E-state index in [-0.39, 0.29) is 0 Å². The number of hydrogen-bond donors (Lipinski definition) is 0. The zero-order valence-electron chi connectivity index (χ0n) is 82.2. The molecule has 0 saturated carbocycles. The molecule has 0 fully saturated rings. The maximum atomic E-state index is 2.42. The molecule has 4 heteroatoms. The molecule has 30 rings (SSSR count). The SMILES string of the molecule is c1ccc(-n2c3ccccc3c3cc(-c4ccc5c(c4)c4ccccc4n5-c4ccc(-c5cccc(-c6ccc(-c7cccc(C8(c9ccccc9)c9ccccc9-c9ccccc98)c7)cc6)c5)cc4)ccc32)cc1.c1ccc(-n2c3ccccc3c3cc(-c4ccc5c(c4)c4ccccc4n5-c4ccc(-c5ccccc5-c5ccc(-c6cccc(C7(c8ccccc8)c8ccccc8-c8ccccc87)c6)cc5)cc4)ccc32)cc1. The molecule has 0 amide bonds. The molecule has 0 saturated heterocycles. The van der Waals surface area contributed by atoms with Crippen LogP contribution in [0.2, 0.25) is 0 Å². The van der Waals surface area contributed by atoms with E-state index in [2.05, 4.69) is 601 Å². The molecule has 700 valence electrons. The molecule has 4 heterocycles. The molecule has 150 heavy (non-hydrogen) atoms. The summed E-state index contributed by atoms with van der Waals surface area (Å²) in [6.07, 6.45) is 0. The first-order chi connectivity index (χ1) is 74.4. The highest BCUT2D eigenvalue weighted by Crippen LogP contribution is 2.59. The Morgan fingerprint density at radius 1 is 0.107 bits per heavy atom. The van der Waals surface area contributed by atoms with E-state index in [9.17, 15) is 0 Å². The van der Waals surface area contributed by atoms with Gasteiger partial charge in [0.05, 0.1) is 55.0 Å². The van der Waals surface area contributed by atoms with Gasteiger partial charge in [-0.15, -0.1) is 0 Å². The summed E-state index contributed by atoms with van der Waals surface area (Å²) in [7, 11) is 0. The summed E-state index contributed by atoms with van der Waals surface area (Å²) >= 11 is 0. The van der Waals surface area contributed by atoms with Crippen LogP contribution in [0.5, 0.6) is 0 Å². The van der Waals surface area contributed by atoms with Crippen LogP contribution < -0.4 is 0 Å². The fourth-order valence-electron chi connectivity index (χ4n) is 25.3. The van der Waals surface area contributed by atoms with Gasteiger partial charge in [0, 0.05) is 65.8 Å². The third-order valence-electron chi connectivity index (χ3n) is 32.1. The molecule has 0 bridgehead atoms. The van der Waals surface area contributed by atoms with Gasteiger partial charge in [-0.25, -0.2) is 0 Å². The van der Waals surface area contributed by atoms with E-state index in [1.54, 1.807) is 0 Å². The zero-order valence-corrected chi connectivity index (χ0v) is 82.2. The Kier molecular flexibility index (Phi) is 20.8. The van der Waals surface area contributed by atoms with E-state index in [1.807, 2.05) is 0 Å². The molecule has 0 atom stereocenters. The molecular formula is C146H96N4. The van der Waals surface area contributed by atoms with E-state index in [1.165, 1.54) is 254 Å². The second-order valence-electron chi connectivity index (χ2n) is 40.0. The van der Waals surface area contributed by atoms with Crippen molar-refractivity contribution < 1.29 is 0 Å². The summed E-state index contributed by atoms with van der Waals surface area (Å²) in [6.45, 7) is 0. The van der Waals surface area contributed by atoms with Crippen molar-refractivity contribution in [3.05, 3.63) is 627 Å². The molecule has 24 aromatic carbocycles. The quantitative estimate of drug-likeness (QED) is 0.0919. The maximum absolute atomic E-state index is 2.42. The largest absolute Gasteiger partial charge is 0.309 e. The molecule has 0 radical (unpaired) electrons. The lowest BCUT2D eigenvalue weighted by Gasteiger charge is -2.34. The number of nitrogens with zero attached hydrogens (tertiary/aromatic N) is 4. The monoisotopic (exact) mass is 1900 g/mol. The van der Waals surface area contributed by atoms with E-state index < -0.39 is 10.8 Å². The van der Waals surface area contributed by atoms with Crippen molar-refractivity contribution in [1.29, 1.82) is 0 Å². The molecular weight excluding hydrogens is 1810 g/mol. The van der Waals surface area contributed by atoms with Gasteiger partial charge in [-0.2, -0.15) is 0 Å². The van der Waals surface area contributed by atoms with Crippen LogP contribution in [-0.4, -0.2) is 18.3 Å². The smallest absolute Gasteiger partial charge is 0.0713 e. The second-order valence-corrected chi connectivity index (χ2v) is 40.0. The van der Waals surface area contributed by atoms with Crippen LogP contribution in [0.3, 0.4) is 0 Å². The van der Waals surface area contributed by atoms with Crippen molar-refractivity contribution in [3.8, 4) is 134 Å². The average Bonchev–Trinajstić information content (AvgIpc) is 1.54. The fourth-order valence-corrected chi connectivity index (χ4v) is 25.3. The number of hydrogen-bond acceptors (Lipinski definition) is 0. The Bertz CT molecular complexity index is 10100. The molecule has 0 N–H and O–H groups in total. The minimum absolute atomic E-state index is 0.429. The van der Waals surface area contributed by atoms with Crippen LogP contribution in [-0.2, 0) is 10.8 Å². The number of benzene rings is 24. The summed E-state index contributed by atoms with van der Waals surface area (Å²) in [4.78, 5) is 0. The predicted octanol–water partition coefficient (Wildman–Crippen LogP) is 37.8. The highest BCUT2D eigenvalue weighted by atomic mass is 15.0. The average molecular weight is 1910 g/mol. The minimum Gasteiger partial charge on any atom is -0.309 e. The summed E-state index contributed by atoms with van der Waals surface area (Å²) in [6, 6.07) is 215. The molecule has 2 aliphatic carbocycles. The molecule has 4 nitrogen and oxygen atoms in total. The van der Waals surface area contributed by atoms with Gasteiger partial charge in [-0.1, -0.05) is 443 Å². The van der Waals surface area contributed by atoms with Gasteiger partial charge in [-0.3, -0.25) is 0 Å². The molecule has 0 unspecified atom stereocenters. The van der Waals surface area contributed by atoms with Crippen LogP contribution in [0.1, 0.15) is 44.5 Å². The molecule has 0 aliphatic heterocycles. The number of fused-ring (bicyclic) bond motifs is 18. The molecule has 28 aromatic rings. The maximum Gasteiger partial charge on any atom is 0.0713 e. The predicted molar refractivity (Wildman–Crippen MR) is 628 cm³/mol. The number of para-hydroxylation sites is 6. The third kappa shape index (κ3) is 14.1. The number of rotatable bonds is 16. The third-order valence-corrected chi connectivity index (χ3v) is 32.1. The standard InChI is InChI=1S/2C73H48N2/c1-3-20-57(21-4-1)73(67-29-11-7-25-61(67)62-26-8-12-30-68(62)73)58-22-16-19-54(46-58)50-35-33-49(34-36-50)52-17-15-18-53(45-52)51-37-41-60(42-38-51)75-70-32-14-10-28-64(70)66-48-56(40-44-72(66)75)55-39-43-71-65(47-55)63-27-9-13-31-69(63)74(71)59-23-5-2-6-24-59;1-3-19-55(20-4-1)73(67-30-13-9-26-61(67)62-27-10-14-31-68(62)73)56-21-17-18-52(46-56)49-34-36-50(37-35-49)59-24-7-8-25-60(59)51-38-42-58(43-39-51)75-70-33-16-12-29-64(70)66-48-54(41-45-72(66)75)53-40-44-71-65(47-53)63-28-11-15-32-69(63)74(71)57-22-5-2-6-23-57/h2*1-48H. The first-order valence-electron chi connectivity index (χ1n) is 52.0. The second kappa shape index (κ2) is 35.8. The van der Waals surface area contributed by atoms with Crippen LogP contribution >= 0.6 is 0 Å². The lowest BCUT2D eigenvalue weighted by molar-refractivity contribution is 0.769. The minimum atomic E-state index is -0.436. The Labute approximate surface area is 870 Å². The first-order valence-corrected chi connectivity index (χ1v) is 52.0. The van der Waals surface area contributed by atoms with Crippen LogP contribution in [0, 0.1) is 0 Å². The van der Waals surface area contributed by atoms with E-state index in [0.717, 1.165) is 11.4 Å². The summed E-state index contributed by atoms with van der Waals surface area (Å²) < 4.78 is 9.58.